The average Bonchev–Trinajstić information content (AvgIpc) is 2.18. The van der Waals surface area contributed by atoms with Crippen LogP contribution in [0.1, 0.15) is 43.2 Å². The van der Waals surface area contributed by atoms with Gasteiger partial charge in [-0.1, -0.05) is 32.1 Å². The molecule has 14 heavy (non-hydrogen) atoms. The Bertz CT molecular complexity index is 310. The van der Waals surface area contributed by atoms with Crippen molar-refractivity contribution >= 4 is 28.7 Å². The molecule has 0 N–H and O–H groups in total. The SMILES string of the molecule is CC(C)c1cccnc1C(C)SC=S. The maximum atomic E-state index is 4.85. The smallest absolute Gasteiger partial charge is 0.0569 e. The molecule has 0 aliphatic rings. The summed E-state index contributed by atoms with van der Waals surface area (Å²) in [6.07, 6.45) is 1.85. The summed E-state index contributed by atoms with van der Waals surface area (Å²) in [4.78, 5) is 4.43. The molecule has 0 fully saturated rings. The van der Waals surface area contributed by atoms with E-state index in [1.807, 2.05) is 12.3 Å². The van der Waals surface area contributed by atoms with E-state index in [4.69, 9.17) is 12.2 Å². The lowest BCUT2D eigenvalue weighted by Crippen LogP contribution is -2.01. The molecule has 0 spiro atoms. The number of thioether (sulfide) groups is 1. The predicted octanol–water partition coefficient (Wildman–Crippen LogP) is 3.96. The summed E-state index contributed by atoms with van der Waals surface area (Å²) in [7, 11) is 0. The number of hydrogen-bond donors (Lipinski definition) is 0. The van der Waals surface area contributed by atoms with E-state index in [0.717, 1.165) is 5.69 Å². The normalized spacial score (nSPS) is 12.9. The maximum absolute atomic E-state index is 4.85. The van der Waals surface area contributed by atoms with Gasteiger partial charge < -0.3 is 0 Å². The monoisotopic (exact) mass is 225 g/mol. The fourth-order valence-electron chi connectivity index (χ4n) is 1.41. The third-order valence-electron chi connectivity index (χ3n) is 2.14. The van der Waals surface area contributed by atoms with E-state index in [0.29, 0.717) is 11.2 Å². The van der Waals surface area contributed by atoms with Gasteiger partial charge in [-0.15, -0.1) is 11.8 Å². The van der Waals surface area contributed by atoms with Crippen LogP contribution in [-0.4, -0.2) is 9.68 Å². The summed E-state index contributed by atoms with van der Waals surface area (Å²) >= 11 is 6.49. The number of nitrogens with zero attached hydrogens (tertiary/aromatic N) is 1. The van der Waals surface area contributed by atoms with Crippen LogP contribution < -0.4 is 0 Å². The molecule has 1 aromatic rings. The second-order valence-electron chi connectivity index (χ2n) is 3.51. The molecule has 1 aromatic heterocycles. The molecule has 0 radical (unpaired) electrons. The number of thiocarbonyl (C=S) groups is 1. The molecule has 0 aromatic carbocycles. The van der Waals surface area contributed by atoms with Gasteiger partial charge in [0.1, 0.15) is 0 Å². The summed E-state index contributed by atoms with van der Waals surface area (Å²) in [5.74, 6) is 0.520. The summed E-state index contributed by atoms with van der Waals surface area (Å²) in [6, 6.07) is 4.14. The van der Waals surface area contributed by atoms with Gasteiger partial charge in [0.15, 0.2) is 0 Å². The molecule has 0 saturated carbocycles. The molecule has 1 heterocycles. The van der Waals surface area contributed by atoms with Crippen molar-refractivity contribution in [3.63, 3.8) is 0 Å². The molecule has 0 saturated heterocycles. The number of rotatable bonds is 4. The third-order valence-corrected chi connectivity index (χ3v) is 3.21. The summed E-state index contributed by atoms with van der Waals surface area (Å²) < 4.78 is 1.71. The molecule has 0 amide bonds. The molecule has 0 bridgehead atoms. The molecule has 1 unspecified atom stereocenters. The standard InChI is InChI=1S/C11H15NS2/c1-8(2)10-5-4-6-12-11(10)9(3)14-7-13/h4-9H,1-3H3. The number of hydrogen-bond acceptors (Lipinski definition) is 3. The highest BCUT2D eigenvalue weighted by atomic mass is 32.2. The molecule has 0 aliphatic carbocycles. The van der Waals surface area contributed by atoms with E-state index in [-0.39, 0.29) is 0 Å². The molecule has 1 rings (SSSR count). The minimum absolute atomic E-state index is 0.353. The fourth-order valence-corrected chi connectivity index (χ4v) is 2.40. The molecule has 1 nitrogen and oxygen atoms in total. The Hall–Kier alpha value is -0.410. The lowest BCUT2D eigenvalue weighted by molar-refractivity contribution is 0.820. The van der Waals surface area contributed by atoms with E-state index in [2.05, 4.69) is 31.8 Å². The molecular weight excluding hydrogens is 210 g/mol. The first-order chi connectivity index (χ1) is 6.66. The highest BCUT2D eigenvalue weighted by molar-refractivity contribution is 8.20. The van der Waals surface area contributed by atoms with Crippen LogP contribution in [0.2, 0.25) is 0 Å². The quantitative estimate of drug-likeness (QED) is 0.720. The molecule has 3 heteroatoms. The Balaban J connectivity index is 2.99. The van der Waals surface area contributed by atoms with Crippen molar-refractivity contribution in [1.82, 2.24) is 4.98 Å². The average molecular weight is 225 g/mol. The van der Waals surface area contributed by atoms with E-state index >= 15 is 0 Å². The van der Waals surface area contributed by atoms with Crippen LogP contribution in [-0.2, 0) is 0 Å². The van der Waals surface area contributed by atoms with Gasteiger partial charge in [0, 0.05) is 16.1 Å². The Morgan fingerprint density at radius 2 is 2.14 bits per heavy atom. The first kappa shape index (κ1) is 11.7. The Morgan fingerprint density at radius 3 is 2.71 bits per heavy atom. The first-order valence-corrected chi connectivity index (χ1v) is 6.12. The Labute approximate surface area is 95.3 Å². The van der Waals surface area contributed by atoms with E-state index in [9.17, 15) is 0 Å². The maximum Gasteiger partial charge on any atom is 0.0569 e. The van der Waals surface area contributed by atoms with Crippen LogP contribution in [0, 0.1) is 0 Å². The predicted molar refractivity (Wildman–Crippen MR) is 68.0 cm³/mol. The second-order valence-corrected chi connectivity index (χ2v) is 5.26. The Morgan fingerprint density at radius 1 is 1.43 bits per heavy atom. The van der Waals surface area contributed by atoms with Crippen molar-refractivity contribution in [3.05, 3.63) is 29.6 Å². The van der Waals surface area contributed by atoms with Gasteiger partial charge in [-0.3, -0.25) is 4.98 Å². The minimum Gasteiger partial charge on any atom is -0.260 e. The van der Waals surface area contributed by atoms with Gasteiger partial charge in [0.25, 0.3) is 0 Å². The van der Waals surface area contributed by atoms with Crippen molar-refractivity contribution < 1.29 is 0 Å². The van der Waals surface area contributed by atoms with Crippen molar-refractivity contribution in [2.24, 2.45) is 0 Å². The van der Waals surface area contributed by atoms with Gasteiger partial charge in [-0.05, 0) is 24.5 Å². The highest BCUT2D eigenvalue weighted by Gasteiger charge is 2.13. The van der Waals surface area contributed by atoms with Gasteiger partial charge >= 0.3 is 0 Å². The van der Waals surface area contributed by atoms with Crippen LogP contribution in [0.3, 0.4) is 0 Å². The lowest BCUT2D eigenvalue weighted by Gasteiger charge is -2.15. The molecule has 0 aliphatic heterocycles. The fraction of sp³-hybridized carbons (Fsp3) is 0.455. The van der Waals surface area contributed by atoms with Gasteiger partial charge in [0.05, 0.1) is 5.69 Å². The van der Waals surface area contributed by atoms with Gasteiger partial charge in [0.2, 0.25) is 0 Å². The molecule has 76 valence electrons. The molecular formula is C11H15NS2. The number of pyridine rings is 1. The number of aromatic nitrogens is 1. The zero-order chi connectivity index (χ0) is 10.6. The highest BCUT2D eigenvalue weighted by Crippen LogP contribution is 2.30. The summed E-state index contributed by atoms with van der Waals surface area (Å²) in [5.41, 5.74) is 2.48. The van der Waals surface area contributed by atoms with E-state index in [1.54, 1.807) is 16.5 Å². The zero-order valence-electron chi connectivity index (χ0n) is 8.73. The van der Waals surface area contributed by atoms with Crippen LogP contribution in [0.25, 0.3) is 0 Å². The summed E-state index contributed by atoms with van der Waals surface area (Å²) in [6.45, 7) is 6.52. The van der Waals surface area contributed by atoms with Crippen LogP contribution in [0.5, 0.6) is 0 Å². The van der Waals surface area contributed by atoms with Gasteiger partial charge in [-0.25, -0.2) is 0 Å². The van der Waals surface area contributed by atoms with E-state index in [1.165, 1.54) is 5.56 Å². The first-order valence-electron chi connectivity index (χ1n) is 4.70. The zero-order valence-corrected chi connectivity index (χ0v) is 10.4. The van der Waals surface area contributed by atoms with Crippen molar-refractivity contribution in [2.75, 3.05) is 0 Å². The lowest BCUT2D eigenvalue weighted by atomic mass is 10.0. The topological polar surface area (TPSA) is 12.9 Å². The van der Waals surface area contributed by atoms with Crippen molar-refractivity contribution in [1.29, 1.82) is 0 Å². The van der Waals surface area contributed by atoms with E-state index < -0.39 is 0 Å². The largest absolute Gasteiger partial charge is 0.260 e. The van der Waals surface area contributed by atoms with Crippen LogP contribution >= 0.6 is 24.0 Å². The Kier molecular flexibility index (Phi) is 4.55. The van der Waals surface area contributed by atoms with Crippen LogP contribution in [0.4, 0.5) is 0 Å². The third kappa shape index (κ3) is 2.79. The second kappa shape index (κ2) is 5.47. The van der Waals surface area contributed by atoms with Crippen molar-refractivity contribution in [3.8, 4) is 0 Å². The van der Waals surface area contributed by atoms with Crippen molar-refractivity contribution in [2.45, 2.75) is 31.9 Å². The van der Waals surface area contributed by atoms with Crippen LogP contribution in [0.15, 0.2) is 18.3 Å². The minimum atomic E-state index is 0.353. The van der Waals surface area contributed by atoms with Gasteiger partial charge in [-0.2, -0.15) is 0 Å². The summed E-state index contributed by atoms with van der Waals surface area (Å²) in [5, 5.41) is 0.353. The molecule has 1 atom stereocenters.